The molecular formula is C12H8O2. The number of phenols is 2. The van der Waals surface area contributed by atoms with Gasteiger partial charge in [0.15, 0.2) is 0 Å². The Labute approximate surface area is 80.7 Å². The van der Waals surface area contributed by atoms with E-state index in [1.54, 1.807) is 24.3 Å². The molecule has 0 aromatic heterocycles. The maximum absolute atomic E-state index is 9.44. The molecule has 2 aromatic rings. The van der Waals surface area contributed by atoms with Crippen LogP contribution in [0.5, 0.6) is 11.5 Å². The minimum absolute atomic E-state index is 0.232. The molecule has 2 nitrogen and oxygen atoms in total. The zero-order valence-corrected chi connectivity index (χ0v) is 7.36. The number of aromatic hydroxyl groups is 2. The van der Waals surface area contributed by atoms with E-state index in [0.717, 1.165) is 21.9 Å². The third-order valence-electron chi connectivity index (χ3n) is 2.52. The fraction of sp³-hybridized carbons (Fsp3) is 0. The third-order valence-corrected chi connectivity index (χ3v) is 2.52. The zero-order chi connectivity index (χ0) is 9.71. The predicted octanol–water partition coefficient (Wildman–Crippen LogP) is 2.73. The SMILES string of the molecule is Oc1cc2c3c(cc(O)cc3c1)C=C2. The standard InChI is InChI=1S/C12H8O2/c13-10-3-7-1-2-8-4-11(14)6-9(5-10)12(7)8/h1-6,13-14H. The Hall–Kier alpha value is -1.96. The van der Waals surface area contributed by atoms with Gasteiger partial charge in [-0.1, -0.05) is 12.2 Å². The van der Waals surface area contributed by atoms with E-state index in [9.17, 15) is 10.2 Å². The average Bonchev–Trinajstić information content (AvgIpc) is 2.48. The smallest absolute Gasteiger partial charge is 0.116 e. The van der Waals surface area contributed by atoms with E-state index in [1.165, 1.54) is 0 Å². The molecule has 2 N–H and O–H groups in total. The molecule has 0 saturated carbocycles. The molecule has 2 aromatic carbocycles. The Morgan fingerprint density at radius 1 is 0.714 bits per heavy atom. The van der Waals surface area contributed by atoms with Crippen molar-refractivity contribution in [3.8, 4) is 11.5 Å². The van der Waals surface area contributed by atoms with Crippen LogP contribution >= 0.6 is 0 Å². The summed E-state index contributed by atoms with van der Waals surface area (Å²) in [4.78, 5) is 0. The third kappa shape index (κ3) is 0.852. The molecule has 0 amide bonds. The minimum atomic E-state index is 0.232. The molecule has 3 rings (SSSR count). The molecule has 1 aliphatic carbocycles. The summed E-state index contributed by atoms with van der Waals surface area (Å²) in [5.74, 6) is 0.464. The molecule has 0 aliphatic heterocycles. The first-order valence-electron chi connectivity index (χ1n) is 4.42. The molecule has 2 heteroatoms. The lowest BCUT2D eigenvalue weighted by molar-refractivity contribution is 0.474. The number of phenolic OH excluding ortho intramolecular Hbond substituents is 2. The summed E-state index contributed by atoms with van der Waals surface area (Å²) in [6, 6.07) is 6.78. The van der Waals surface area contributed by atoms with Gasteiger partial charge in [0.1, 0.15) is 11.5 Å². The molecule has 0 saturated heterocycles. The summed E-state index contributed by atoms with van der Waals surface area (Å²) in [7, 11) is 0. The van der Waals surface area contributed by atoms with Crippen LogP contribution in [0.2, 0.25) is 0 Å². The number of rotatable bonds is 0. The summed E-state index contributed by atoms with van der Waals surface area (Å²) in [6.45, 7) is 0. The highest BCUT2D eigenvalue weighted by atomic mass is 16.3. The van der Waals surface area contributed by atoms with Crippen LogP contribution in [0.3, 0.4) is 0 Å². The summed E-state index contributed by atoms with van der Waals surface area (Å²) < 4.78 is 0. The second-order valence-electron chi connectivity index (χ2n) is 3.50. The fourth-order valence-corrected chi connectivity index (χ4v) is 1.99. The highest BCUT2D eigenvalue weighted by molar-refractivity contribution is 6.06. The van der Waals surface area contributed by atoms with E-state index in [4.69, 9.17) is 0 Å². The van der Waals surface area contributed by atoms with Crippen LogP contribution in [-0.2, 0) is 0 Å². The molecule has 0 bridgehead atoms. The van der Waals surface area contributed by atoms with E-state index in [1.807, 2.05) is 12.2 Å². The van der Waals surface area contributed by atoms with Crippen LogP contribution in [0, 0.1) is 0 Å². The lowest BCUT2D eigenvalue weighted by Crippen LogP contribution is -1.79. The molecule has 68 valence electrons. The lowest BCUT2D eigenvalue weighted by atomic mass is 10.0. The van der Waals surface area contributed by atoms with Gasteiger partial charge in [-0.05, 0) is 46.2 Å². The van der Waals surface area contributed by atoms with Gasteiger partial charge in [0, 0.05) is 0 Å². The van der Waals surface area contributed by atoms with Gasteiger partial charge in [-0.15, -0.1) is 0 Å². The number of hydrogen-bond donors (Lipinski definition) is 2. The second-order valence-corrected chi connectivity index (χ2v) is 3.50. The topological polar surface area (TPSA) is 40.5 Å². The fourth-order valence-electron chi connectivity index (χ4n) is 1.99. The van der Waals surface area contributed by atoms with Gasteiger partial charge < -0.3 is 10.2 Å². The van der Waals surface area contributed by atoms with Gasteiger partial charge in [0.2, 0.25) is 0 Å². The van der Waals surface area contributed by atoms with Crippen LogP contribution < -0.4 is 0 Å². The van der Waals surface area contributed by atoms with Crippen LogP contribution in [0.25, 0.3) is 22.9 Å². The van der Waals surface area contributed by atoms with Crippen molar-refractivity contribution < 1.29 is 10.2 Å². The second kappa shape index (κ2) is 2.29. The summed E-state index contributed by atoms with van der Waals surface area (Å²) in [6.07, 6.45) is 3.88. The van der Waals surface area contributed by atoms with Crippen molar-refractivity contribution in [3.05, 3.63) is 35.4 Å². The average molecular weight is 184 g/mol. The summed E-state index contributed by atoms with van der Waals surface area (Å²) >= 11 is 0. The van der Waals surface area contributed by atoms with Crippen LogP contribution in [0.15, 0.2) is 24.3 Å². The summed E-state index contributed by atoms with van der Waals surface area (Å²) in [5, 5.41) is 20.9. The van der Waals surface area contributed by atoms with E-state index < -0.39 is 0 Å². The Morgan fingerprint density at radius 2 is 1.21 bits per heavy atom. The number of hydrogen-bond acceptors (Lipinski definition) is 2. The minimum Gasteiger partial charge on any atom is -0.508 e. The molecule has 0 atom stereocenters. The Morgan fingerprint density at radius 3 is 1.71 bits per heavy atom. The Balaban J connectivity index is 2.56. The van der Waals surface area contributed by atoms with E-state index in [0.29, 0.717) is 0 Å². The predicted molar refractivity (Wildman–Crippen MR) is 56.2 cm³/mol. The van der Waals surface area contributed by atoms with Crippen molar-refractivity contribution in [3.63, 3.8) is 0 Å². The van der Waals surface area contributed by atoms with Gasteiger partial charge in [-0.25, -0.2) is 0 Å². The monoisotopic (exact) mass is 184 g/mol. The highest BCUT2D eigenvalue weighted by Gasteiger charge is 2.11. The molecule has 1 aliphatic rings. The van der Waals surface area contributed by atoms with Crippen LogP contribution in [-0.4, -0.2) is 10.2 Å². The van der Waals surface area contributed by atoms with E-state index in [2.05, 4.69) is 0 Å². The van der Waals surface area contributed by atoms with Crippen LogP contribution in [0.4, 0.5) is 0 Å². The first-order valence-corrected chi connectivity index (χ1v) is 4.42. The van der Waals surface area contributed by atoms with Crippen molar-refractivity contribution >= 4 is 22.9 Å². The van der Waals surface area contributed by atoms with Gasteiger partial charge in [-0.3, -0.25) is 0 Å². The number of benzene rings is 2. The van der Waals surface area contributed by atoms with Crippen molar-refractivity contribution in [2.75, 3.05) is 0 Å². The van der Waals surface area contributed by atoms with Gasteiger partial charge in [0.25, 0.3) is 0 Å². The van der Waals surface area contributed by atoms with Crippen molar-refractivity contribution in [1.29, 1.82) is 0 Å². The van der Waals surface area contributed by atoms with E-state index >= 15 is 0 Å². The zero-order valence-electron chi connectivity index (χ0n) is 7.36. The van der Waals surface area contributed by atoms with Gasteiger partial charge in [-0.2, -0.15) is 0 Å². The quantitative estimate of drug-likeness (QED) is 0.564. The molecule has 14 heavy (non-hydrogen) atoms. The van der Waals surface area contributed by atoms with E-state index in [-0.39, 0.29) is 11.5 Å². The van der Waals surface area contributed by atoms with Crippen molar-refractivity contribution in [1.82, 2.24) is 0 Å². The molecule has 0 heterocycles. The Bertz CT molecular complexity index is 521. The van der Waals surface area contributed by atoms with Gasteiger partial charge in [0.05, 0.1) is 0 Å². The largest absolute Gasteiger partial charge is 0.508 e. The molecule has 0 radical (unpaired) electrons. The molecule has 0 fully saturated rings. The van der Waals surface area contributed by atoms with Gasteiger partial charge >= 0.3 is 0 Å². The maximum Gasteiger partial charge on any atom is 0.116 e. The molecular weight excluding hydrogens is 176 g/mol. The summed E-state index contributed by atoms with van der Waals surface area (Å²) in [5.41, 5.74) is 2.02. The Kier molecular flexibility index (Phi) is 1.22. The van der Waals surface area contributed by atoms with Crippen LogP contribution in [0.1, 0.15) is 11.1 Å². The first-order chi connectivity index (χ1) is 6.74. The molecule has 0 spiro atoms. The first kappa shape index (κ1) is 7.44. The van der Waals surface area contributed by atoms with Crippen molar-refractivity contribution in [2.24, 2.45) is 0 Å². The highest BCUT2D eigenvalue weighted by Crippen LogP contribution is 2.36. The molecule has 0 unspecified atom stereocenters. The van der Waals surface area contributed by atoms with Crippen molar-refractivity contribution in [2.45, 2.75) is 0 Å². The maximum atomic E-state index is 9.44. The normalized spacial score (nSPS) is 12.6. The lowest BCUT2D eigenvalue weighted by Gasteiger charge is -2.03.